The summed E-state index contributed by atoms with van der Waals surface area (Å²) in [7, 11) is 0. The normalized spacial score (nSPS) is 10.2. The third-order valence-corrected chi connectivity index (χ3v) is 2.08. The van der Waals surface area contributed by atoms with Crippen molar-refractivity contribution in [2.45, 2.75) is 33.7 Å². The van der Waals surface area contributed by atoms with Crippen molar-refractivity contribution in [1.82, 2.24) is 9.55 Å². The van der Waals surface area contributed by atoms with Crippen molar-refractivity contribution >= 4 is 5.78 Å². The van der Waals surface area contributed by atoms with Crippen LogP contribution in [0.2, 0.25) is 0 Å². The second-order valence-electron chi connectivity index (χ2n) is 3.30. The molecule has 4 nitrogen and oxygen atoms in total. The Labute approximate surface area is 82.6 Å². The molecular formula is C10H14N2O2. The van der Waals surface area contributed by atoms with Crippen LogP contribution in [0.1, 0.15) is 24.7 Å². The standard InChI is InChI=1S/C10H14N2O2/c1-4-9(13)6-12-8(3)5-7(2)11-10(12)14/h5H,4,6H2,1-3H3. The smallest absolute Gasteiger partial charge is 0.298 e. The minimum Gasteiger partial charge on any atom is -0.298 e. The molecule has 0 aliphatic heterocycles. The Kier molecular flexibility index (Phi) is 3.17. The van der Waals surface area contributed by atoms with Gasteiger partial charge in [0.25, 0.3) is 0 Å². The van der Waals surface area contributed by atoms with E-state index in [0.717, 1.165) is 5.69 Å². The van der Waals surface area contributed by atoms with Crippen molar-refractivity contribution in [2.75, 3.05) is 0 Å². The molecule has 14 heavy (non-hydrogen) atoms. The van der Waals surface area contributed by atoms with Gasteiger partial charge in [-0.1, -0.05) is 6.92 Å². The van der Waals surface area contributed by atoms with E-state index in [1.165, 1.54) is 4.57 Å². The summed E-state index contributed by atoms with van der Waals surface area (Å²) in [5, 5.41) is 0. The fourth-order valence-corrected chi connectivity index (χ4v) is 1.26. The highest BCUT2D eigenvalue weighted by atomic mass is 16.2. The molecule has 0 aliphatic carbocycles. The summed E-state index contributed by atoms with van der Waals surface area (Å²) in [6, 6.07) is 1.80. The molecule has 0 bridgehead atoms. The van der Waals surface area contributed by atoms with Crippen LogP contribution in [0.4, 0.5) is 0 Å². The molecule has 0 atom stereocenters. The summed E-state index contributed by atoms with van der Waals surface area (Å²) in [4.78, 5) is 26.4. The Bertz CT molecular complexity index is 407. The Hall–Kier alpha value is -1.45. The van der Waals surface area contributed by atoms with Gasteiger partial charge in [-0.05, 0) is 19.9 Å². The molecular weight excluding hydrogens is 180 g/mol. The van der Waals surface area contributed by atoms with Gasteiger partial charge in [0.05, 0.1) is 6.54 Å². The van der Waals surface area contributed by atoms with Crippen molar-refractivity contribution in [2.24, 2.45) is 0 Å². The highest BCUT2D eigenvalue weighted by molar-refractivity contribution is 5.77. The molecule has 76 valence electrons. The lowest BCUT2D eigenvalue weighted by atomic mass is 10.3. The van der Waals surface area contributed by atoms with E-state index in [2.05, 4.69) is 4.98 Å². The number of Topliss-reactive ketones (excluding diaryl/α,β-unsaturated/α-hetero) is 1. The first-order chi connectivity index (χ1) is 6.54. The van der Waals surface area contributed by atoms with Gasteiger partial charge in [0.2, 0.25) is 0 Å². The van der Waals surface area contributed by atoms with E-state index in [9.17, 15) is 9.59 Å². The molecule has 0 fully saturated rings. The number of aryl methyl sites for hydroxylation is 2. The molecule has 4 heteroatoms. The first-order valence-electron chi connectivity index (χ1n) is 4.61. The van der Waals surface area contributed by atoms with Crippen molar-refractivity contribution in [3.8, 4) is 0 Å². The molecule has 0 saturated carbocycles. The van der Waals surface area contributed by atoms with Crippen molar-refractivity contribution in [1.29, 1.82) is 0 Å². The molecule has 0 spiro atoms. The van der Waals surface area contributed by atoms with Crippen LogP contribution < -0.4 is 5.69 Å². The van der Waals surface area contributed by atoms with E-state index >= 15 is 0 Å². The second kappa shape index (κ2) is 4.17. The topological polar surface area (TPSA) is 52.0 Å². The Balaban J connectivity index is 3.09. The first kappa shape index (κ1) is 10.6. The monoisotopic (exact) mass is 194 g/mol. The summed E-state index contributed by atoms with van der Waals surface area (Å²) in [5.41, 5.74) is 1.13. The number of carbonyl (C=O) groups excluding carboxylic acids is 1. The predicted octanol–water partition coefficient (Wildman–Crippen LogP) is 0.839. The van der Waals surface area contributed by atoms with Gasteiger partial charge in [0, 0.05) is 17.8 Å². The van der Waals surface area contributed by atoms with E-state index in [4.69, 9.17) is 0 Å². The zero-order chi connectivity index (χ0) is 10.7. The fourth-order valence-electron chi connectivity index (χ4n) is 1.26. The van der Waals surface area contributed by atoms with Gasteiger partial charge in [-0.25, -0.2) is 4.79 Å². The molecule has 1 rings (SSSR count). The van der Waals surface area contributed by atoms with Gasteiger partial charge in [0.15, 0.2) is 5.78 Å². The van der Waals surface area contributed by atoms with Crippen LogP contribution in [0.25, 0.3) is 0 Å². The van der Waals surface area contributed by atoms with Crippen LogP contribution in [0, 0.1) is 13.8 Å². The lowest BCUT2D eigenvalue weighted by Gasteiger charge is -2.07. The molecule has 0 unspecified atom stereocenters. The van der Waals surface area contributed by atoms with Crippen molar-refractivity contribution < 1.29 is 4.79 Å². The molecule has 0 amide bonds. The number of hydrogen-bond donors (Lipinski definition) is 0. The maximum absolute atomic E-state index is 11.4. The summed E-state index contributed by atoms with van der Waals surface area (Å²) in [6.07, 6.45) is 0.444. The highest BCUT2D eigenvalue weighted by Crippen LogP contribution is 1.97. The molecule has 0 aromatic carbocycles. The zero-order valence-electron chi connectivity index (χ0n) is 8.70. The molecule has 1 aromatic heterocycles. The van der Waals surface area contributed by atoms with Crippen LogP contribution in [0.3, 0.4) is 0 Å². The average molecular weight is 194 g/mol. The Morgan fingerprint density at radius 3 is 2.64 bits per heavy atom. The number of ketones is 1. The van der Waals surface area contributed by atoms with Crippen LogP contribution in [0.15, 0.2) is 10.9 Å². The number of carbonyl (C=O) groups is 1. The molecule has 0 radical (unpaired) electrons. The highest BCUT2D eigenvalue weighted by Gasteiger charge is 2.06. The lowest BCUT2D eigenvalue weighted by molar-refractivity contribution is -0.119. The third kappa shape index (κ3) is 2.28. The van der Waals surface area contributed by atoms with Gasteiger partial charge < -0.3 is 0 Å². The van der Waals surface area contributed by atoms with Crippen LogP contribution in [0.5, 0.6) is 0 Å². The second-order valence-corrected chi connectivity index (χ2v) is 3.30. The number of nitrogens with zero attached hydrogens (tertiary/aromatic N) is 2. The van der Waals surface area contributed by atoms with E-state index in [1.54, 1.807) is 26.8 Å². The molecule has 0 aliphatic rings. The van der Waals surface area contributed by atoms with Crippen molar-refractivity contribution in [3.63, 3.8) is 0 Å². The Morgan fingerprint density at radius 2 is 2.14 bits per heavy atom. The van der Waals surface area contributed by atoms with Gasteiger partial charge in [-0.15, -0.1) is 0 Å². The van der Waals surface area contributed by atoms with Gasteiger partial charge >= 0.3 is 5.69 Å². The number of hydrogen-bond acceptors (Lipinski definition) is 3. The quantitative estimate of drug-likeness (QED) is 0.716. The SMILES string of the molecule is CCC(=O)Cn1c(C)cc(C)nc1=O. The Morgan fingerprint density at radius 1 is 1.50 bits per heavy atom. The van der Waals surface area contributed by atoms with Crippen molar-refractivity contribution in [3.05, 3.63) is 27.9 Å². The summed E-state index contributed by atoms with van der Waals surface area (Å²) < 4.78 is 1.40. The van der Waals surface area contributed by atoms with E-state index in [-0.39, 0.29) is 18.0 Å². The molecule has 1 aromatic rings. The molecule has 1 heterocycles. The summed E-state index contributed by atoms with van der Waals surface area (Å²) in [6.45, 7) is 5.48. The summed E-state index contributed by atoms with van der Waals surface area (Å²) >= 11 is 0. The lowest BCUT2D eigenvalue weighted by Crippen LogP contribution is -2.28. The van der Waals surface area contributed by atoms with Crippen LogP contribution >= 0.6 is 0 Å². The third-order valence-electron chi connectivity index (χ3n) is 2.08. The average Bonchev–Trinajstić information content (AvgIpc) is 2.10. The van der Waals surface area contributed by atoms with Crippen LogP contribution in [-0.4, -0.2) is 15.3 Å². The summed E-state index contributed by atoms with van der Waals surface area (Å²) in [5.74, 6) is 0.0425. The largest absolute Gasteiger partial charge is 0.348 e. The number of rotatable bonds is 3. The first-order valence-corrected chi connectivity index (χ1v) is 4.61. The predicted molar refractivity (Wildman–Crippen MR) is 53.3 cm³/mol. The minimum atomic E-state index is -0.343. The zero-order valence-corrected chi connectivity index (χ0v) is 8.70. The van der Waals surface area contributed by atoms with Crippen LogP contribution in [-0.2, 0) is 11.3 Å². The van der Waals surface area contributed by atoms with Gasteiger partial charge in [-0.2, -0.15) is 4.98 Å². The van der Waals surface area contributed by atoms with E-state index in [1.807, 2.05) is 0 Å². The van der Waals surface area contributed by atoms with Gasteiger partial charge in [0.1, 0.15) is 0 Å². The van der Waals surface area contributed by atoms with E-state index < -0.39 is 0 Å². The maximum Gasteiger partial charge on any atom is 0.348 e. The van der Waals surface area contributed by atoms with Gasteiger partial charge in [-0.3, -0.25) is 9.36 Å². The minimum absolute atomic E-state index is 0.0425. The maximum atomic E-state index is 11.4. The van der Waals surface area contributed by atoms with E-state index in [0.29, 0.717) is 12.1 Å². The number of aromatic nitrogens is 2. The molecule has 0 saturated heterocycles. The molecule has 0 N–H and O–H groups in total. The fraction of sp³-hybridized carbons (Fsp3) is 0.500.